The van der Waals surface area contributed by atoms with Crippen LogP contribution in [0.25, 0.3) is 6.08 Å². The Morgan fingerprint density at radius 2 is 1.89 bits per heavy atom. The number of benzene rings is 1. The Balaban J connectivity index is 1.98. The molecule has 0 saturated carbocycles. The van der Waals surface area contributed by atoms with Crippen molar-refractivity contribution in [2.24, 2.45) is 0 Å². The lowest BCUT2D eigenvalue weighted by molar-refractivity contribution is 0.293. The van der Waals surface area contributed by atoms with Gasteiger partial charge in [-0.05, 0) is 31.0 Å². The fourth-order valence-corrected chi connectivity index (χ4v) is 1.67. The third-order valence-corrected chi connectivity index (χ3v) is 2.59. The summed E-state index contributed by atoms with van der Waals surface area (Å²) in [6.07, 6.45) is 4.11. The van der Waals surface area contributed by atoms with Crippen molar-refractivity contribution < 1.29 is 4.74 Å². The highest BCUT2D eigenvalue weighted by atomic mass is 16.5. The summed E-state index contributed by atoms with van der Waals surface area (Å²) in [6, 6.07) is 14.1. The molecular weight excluding hydrogens is 222 g/mol. The van der Waals surface area contributed by atoms with Crippen LogP contribution in [0.1, 0.15) is 23.7 Å². The smallest absolute Gasteiger partial charge is 0.213 e. The van der Waals surface area contributed by atoms with Crippen LogP contribution in [0.5, 0.6) is 5.88 Å². The second-order valence-corrected chi connectivity index (χ2v) is 4.15. The molecule has 0 fully saturated rings. The van der Waals surface area contributed by atoms with Crippen LogP contribution in [0.3, 0.4) is 0 Å². The summed E-state index contributed by atoms with van der Waals surface area (Å²) >= 11 is 0. The first kappa shape index (κ1) is 12.4. The van der Waals surface area contributed by atoms with E-state index in [9.17, 15) is 0 Å². The standard InChI is InChI=1S/C16H17NO/c1-3-5-14-8-10-15(11-9-14)12-18-16-7-4-6-13(2)17-16/h3-11H,12H2,1-2H3/b5-3+. The minimum absolute atomic E-state index is 0.548. The molecule has 2 rings (SSSR count). The minimum atomic E-state index is 0.548. The molecule has 0 aliphatic carbocycles. The summed E-state index contributed by atoms with van der Waals surface area (Å²) in [6.45, 7) is 4.52. The van der Waals surface area contributed by atoms with Gasteiger partial charge in [0.1, 0.15) is 6.61 Å². The molecular formula is C16H17NO. The van der Waals surface area contributed by atoms with Gasteiger partial charge in [-0.25, -0.2) is 4.98 Å². The predicted molar refractivity (Wildman–Crippen MR) is 74.5 cm³/mol. The third kappa shape index (κ3) is 3.45. The first-order valence-electron chi connectivity index (χ1n) is 6.06. The molecule has 0 aliphatic rings. The van der Waals surface area contributed by atoms with Gasteiger partial charge in [0.25, 0.3) is 0 Å². The summed E-state index contributed by atoms with van der Waals surface area (Å²) in [5.74, 6) is 0.674. The minimum Gasteiger partial charge on any atom is -0.473 e. The molecule has 0 radical (unpaired) electrons. The fourth-order valence-electron chi connectivity index (χ4n) is 1.67. The normalized spacial score (nSPS) is 10.8. The molecule has 0 unspecified atom stereocenters. The van der Waals surface area contributed by atoms with Crippen LogP contribution in [0, 0.1) is 6.92 Å². The number of allylic oxidation sites excluding steroid dienone is 1. The van der Waals surface area contributed by atoms with Crippen molar-refractivity contribution in [3.63, 3.8) is 0 Å². The topological polar surface area (TPSA) is 22.1 Å². The van der Waals surface area contributed by atoms with Crippen LogP contribution in [0.4, 0.5) is 0 Å². The molecule has 0 saturated heterocycles. The van der Waals surface area contributed by atoms with E-state index in [0.29, 0.717) is 12.5 Å². The number of hydrogen-bond donors (Lipinski definition) is 0. The summed E-state index contributed by atoms with van der Waals surface area (Å²) in [5, 5.41) is 0. The average Bonchev–Trinajstić information content (AvgIpc) is 2.38. The molecule has 2 nitrogen and oxygen atoms in total. The monoisotopic (exact) mass is 239 g/mol. The predicted octanol–water partition coefficient (Wildman–Crippen LogP) is 4.00. The zero-order valence-electron chi connectivity index (χ0n) is 10.8. The summed E-state index contributed by atoms with van der Waals surface area (Å²) in [7, 11) is 0. The first-order chi connectivity index (χ1) is 8.78. The maximum Gasteiger partial charge on any atom is 0.213 e. The lowest BCUT2D eigenvalue weighted by atomic mass is 10.1. The molecule has 1 aromatic heterocycles. The van der Waals surface area contributed by atoms with Gasteiger partial charge in [-0.3, -0.25) is 0 Å². The molecule has 0 spiro atoms. The van der Waals surface area contributed by atoms with Crippen LogP contribution in [-0.2, 0) is 6.61 Å². The zero-order valence-corrected chi connectivity index (χ0v) is 10.8. The molecule has 0 amide bonds. The van der Waals surface area contributed by atoms with Crippen LogP contribution in [0.15, 0.2) is 48.5 Å². The van der Waals surface area contributed by atoms with Gasteiger partial charge in [0.05, 0.1) is 0 Å². The lowest BCUT2D eigenvalue weighted by Crippen LogP contribution is -1.97. The molecule has 1 heterocycles. The van der Waals surface area contributed by atoms with Gasteiger partial charge in [0.2, 0.25) is 5.88 Å². The molecule has 1 aromatic carbocycles. The molecule has 0 aliphatic heterocycles. The molecule has 2 heteroatoms. The van der Waals surface area contributed by atoms with E-state index in [0.717, 1.165) is 11.3 Å². The molecule has 0 N–H and O–H groups in total. The Morgan fingerprint density at radius 1 is 1.11 bits per heavy atom. The number of rotatable bonds is 4. The Hall–Kier alpha value is -2.09. The van der Waals surface area contributed by atoms with E-state index in [1.807, 2.05) is 38.1 Å². The maximum absolute atomic E-state index is 5.64. The summed E-state index contributed by atoms with van der Waals surface area (Å²) < 4.78 is 5.64. The Bertz CT molecular complexity index is 529. The van der Waals surface area contributed by atoms with Crippen LogP contribution in [0.2, 0.25) is 0 Å². The number of hydrogen-bond acceptors (Lipinski definition) is 2. The van der Waals surface area contributed by atoms with Gasteiger partial charge in [-0.2, -0.15) is 0 Å². The van der Waals surface area contributed by atoms with Crippen molar-refractivity contribution in [1.82, 2.24) is 4.98 Å². The van der Waals surface area contributed by atoms with E-state index in [-0.39, 0.29) is 0 Å². The zero-order chi connectivity index (χ0) is 12.8. The van der Waals surface area contributed by atoms with Gasteiger partial charge < -0.3 is 4.74 Å². The number of ether oxygens (including phenoxy) is 1. The van der Waals surface area contributed by atoms with Crippen molar-refractivity contribution in [3.8, 4) is 5.88 Å². The van der Waals surface area contributed by atoms with E-state index < -0.39 is 0 Å². The van der Waals surface area contributed by atoms with Crippen LogP contribution >= 0.6 is 0 Å². The highest BCUT2D eigenvalue weighted by Gasteiger charge is 1.97. The first-order valence-corrected chi connectivity index (χ1v) is 6.06. The highest BCUT2D eigenvalue weighted by Crippen LogP contribution is 2.11. The quantitative estimate of drug-likeness (QED) is 0.804. The molecule has 0 bridgehead atoms. The Labute approximate surface area is 108 Å². The van der Waals surface area contributed by atoms with E-state index in [1.54, 1.807) is 0 Å². The number of aromatic nitrogens is 1. The van der Waals surface area contributed by atoms with Crippen molar-refractivity contribution in [2.75, 3.05) is 0 Å². The number of pyridine rings is 1. The Kier molecular flexibility index (Phi) is 4.13. The van der Waals surface area contributed by atoms with Crippen molar-refractivity contribution >= 4 is 6.08 Å². The number of aryl methyl sites for hydroxylation is 1. The van der Waals surface area contributed by atoms with Crippen LogP contribution in [-0.4, -0.2) is 4.98 Å². The van der Waals surface area contributed by atoms with Crippen molar-refractivity contribution in [3.05, 3.63) is 65.4 Å². The highest BCUT2D eigenvalue weighted by molar-refractivity contribution is 5.49. The van der Waals surface area contributed by atoms with E-state index >= 15 is 0 Å². The molecule has 2 aromatic rings. The van der Waals surface area contributed by atoms with Gasteiger partial charge in [-0.1, -0.05) is 42.5 Å². The second kappa shape index (κ2) is 6.01. The molecule has 18 heavy (non-hydrogen) atoms. The SMILES string of the molecule is C/C=C/c1ccc(COc2cccc(C)n2)cc1. The van der Waals surface area contributed by atoms with Crippen molar-refractivity contribution in [2.45, 2.75) is 20.5 Å². The molecule has 92 valence electrons. The molecule has 0 atom stereocenters. The second-order valence-electron chi connectivity index (χ2n) is 4.15. The lowest BCUT2D eigenvalue weighted by Gasteiger charge is -2.06. The van der Waals surface area contributed by atoms with E-state index in [2.05, 4.69) is 35.3 Å². The van der Waals surface area contributed by atoms with Gasteiger partial charge in [-0.15, -0.1) is 0 Å². The summed E-state index contributed by atoms with van der Waals surface area (Å²) in [5.41, 5.74) is 3.32. The van der Waals surface area contributed by atoms with Gasteiger partial charge in [0, 0.05) is 11.8 Å². The van der Waals surface area contributed by atoms with Gasteiger partial charge >= 0.3 is 0 Å². The van der Waals surface area contributed by atoms with E-state index in [1.165, 1.54) is 5.56 Å². The van der Waals surface area contributed by atoms with Crippen LogP contribution < -0.4 is 4.74 Å². The van der Waals surface area contributed by atoms with E-state index in [4.69, 9.17) is 4.74 Å². The third-order valence-electron chi connectivity index (χ3n) is 2.59. The Morgan fingerprint density at radius 3 is 2.56 bits per heavy atom. The average molecular weight is 239 g/mol. The fraction of sp³-hybridized carbons (Fsp3) is 0.188. The van der Waals surface area contributed by atoms with Crippen molar-refractivity contribution in [1.29, 1.82) is 0 Å². The maximum atomic E-state index is 5.64. The van der Waals surface area contributed by atoms with Gasteiger partial charge in [0.15, 0.2) is 0 Å². The number of nitrogens with zero attached hydrogens (tertiary/aromatic N) is 1. The largest absolute Gasteiger partial charge is 0.473 e. The summed E-state index contributed by atoms with van der Waals surface area (Å²) in [4.78, 5) is 4.30.